The van der Waals surface area contributed by atoms with E-state index in [1.807, 2.05) is 0 Å². The fourth-order valence-corrected chi connectivity index (χ4v) is 4.18. The van der Waals surface area contributed by atoms with Crippen molar-refractivity contribution in [3.05, 3.63) is 29.8 Å². The highest BCUT2D eigenvalue weighted by atomic mass is 127. The van der Waals surface area contributed by atoms with Crippen molar-refractivity contribution in [3.8, 4) is 0 Å². The molecule has 5 atom stereocenters. The van der Waals surface area contributed by atoms with Crippen LogP contribution in [0.1, 0.15) is 5.56 Å². The van der Waals surface area contributed by atoms with Crippen molar-refractivity contribution in [1.82, 2.24) is 10.0 Å². The molecule has 26 heavy (non-hydrogen) atoms. The number of hydrogen-bond donors (Lipinski definition) is 6. The smallest absolute Gasteiger partial charge is 0.241 e. The second-order valence-corrected chi connectivity index (χ2v) is 8.68. The molecule has 0 radical (unpaired) electrons. The van der Waals surface area contributed by atoms with Gasteiger partial charge in [0.2, 0.25) is 10.0 Å². The van der Waals surface area contributed by atoms with E-state index in [9.17, 15) is 23.7 Å². The fraction of sp³-hybridized carbons (Fsp3) is 0.600. The van der Waals surface area contributed by atoms with Crippen LogP contribution in [0.3, 0.4) is 0 Å². The molecule has 0 aromatic heterocycles. The minimum atomic E-state index is -4.06. The average molecular weight is 502 g/mol. The van der Waals surface area contributed by atoms with Gasteiger partial charge < -0.3 is 30.5 Å². The van der Waals surface area contributed by atoms with Crippen LogP contribution in [0.15, 0.2) is 29.2 Å². The van der Waals surface area contributed by atoms with Crippen LogP contribution in [-0.4, -0.2) is 77.1 Å². The van der Waals surface area contributed by atoms with Gasteiger partial charge in [-0.3, -0.25) is 0 Å². The summed E-state index contributed by atoms with van der Waals surface area (Å²) in [6.07, 6.45) is -6.09. The summed E-state index contributed by atoms with van der Waals surface area (Å²) in [7, 11) is -4.06. The van der Waals surface area contributed by atoms with Gasteiger partial charge in [0.25, 0.3) is 0 Å². The van der Waals surface area contributed by atoms with Crippen molar-refractivity contribution < 1.29 is 33.6 Å². The standard InChI is InChI=1S/C15H23IN2O7S/c16-5-6-17-7-9-1-3-10(4-2-9)26(23,24)18-12-14(21)13(20)11(8-19)25-15(12)22/h1-4,11-15,17-22H,5-8H2. The predicted octanol–water partition coefficient (Wildman–Crippen LogP) is -1.71. The van der Waals surface area contributed by atoms with Crippen LogP contribution in [0.2, 0.25) is 0 Å². The lowest BCUT2D eigenvalue weighted by atomic mass is 9.98. The molecule has 2 rings (SSSR count). The van der Waals surface area contributed by atoms with Gasteiger partial charge in [-0.2, -0.15) is 0 Å². The van der Waals surface area contributed by atoms with E-state index in [0.717, 1.165) is 16.5 Å². The molecule has 1 aromatic carbocycles. The maximum Gasteiger partial charge on any atom is 0.241 e. The molecule has 1 aliphatic rings. The van der Waals surface area contributed by atoms with Crippen molar-refractivity contribution in [2.24, 2.45) is 0 Å². The van der Waals surface area contributed by atoms with E-state index in [2.05, 4.69) is 32.6 Å². The third kappa shape index (κ3) is 5.33. The van der Waals surface area contributed by atoms with Crippen molar-refractivity contribution in [3.63, 3.8) is 0 Å². The van der Waals surface area contributed by atoms with E-state index in [1.54, 1.807) is 12.1 Å². The molecule has 1 aliphatic heterocycles. The zero-order chi connectivity index (χ0) is 19.3. The number of halogens is 1. The van der Waals surface area contributed by atoms with E-state index in [0.29, 0.717) is 6.54 Å². The van der Waals surface area contributed by atoms with E-state index in [4.69, 9.17) is 9.84 Å². The summed E-state index contributed by atoms with van der Waals surface area (Å²) in [6.45, 7) is 0.831. The summed E-state index contributed by atoms with van der Waals surface area (Å²) in [4.78, 5) is -0.0479. The van der Waals surface area contributed by atoms with E-state index in [1.165, 1.54) is 12.1 Å². The third-order valence-electron chi connectivity index (χ3n) is 4.03. The topological polar surface area (TPSA) is 148 Å². The predicted molar refractivity (Wildman–Crippen MR) is 101 cm³/mol. The number of sulfonamides is 1. The lowest BCUT2D eigenvalue weighted by Crippen LogP contribution is -2.64. The summed E-state index contributed by atoms with van der Waals surface area (Å²) in [5.41, 5.74) is 0.913. The van der Waals surface area contributed by atoms with Crippen LogP contribution in [0.25, 0.3) is 0 Å². The first-order chi connectivity index (χ1) is 12.3. The number of rotatable bonds is 8. The summed E-state index contributed by atoms with van der Waals surface area (Å²) in [5.74, 6) is 0. The quantitative estimate of drug-likeness (QED) is 0.140. The number of ether oxygens (including phenoxy) is 1. The molecule has 0 bridgehead atoms. The molecule has 148 valence electrons. The first-order valence-electron chi connectivity index (χ1n) is 7.98. The monoisotopic (exact) mass is 502 g/mol. The normalized spacial score (nSPS) is 29.7. The number of aliphatic hydroxyl groups excluding tert-OH is 4. The number of nitrogens with one attached hydrogen (secondary N) is 2. The summed E-state index contributed by atoms with van der Waals surface area (Å²) >= 11 is 2.25. The molecule has 0 aliphatic carbocycles. The molecule has 5 unspecified atom stereocenters. The zero-order valence-electron chi connectivity index (χ0n) is 13.8. The molecular weight excluding hydrogens is 479 g/mol. The maximum absolute atomic E-state index is 12.5. The Morgan fingerprint density at radius 2 is 1.77 bits per heavy atom. The highest BCUT2D eigenvalue weighted by Crippen LogP contribution is 2.22. The average Bonchev–Trinajstić information content (AvgIpc) is 2.62. The fourth-order valence-electron chi connectivity index (χ4n) is 2.56. The lowest BCUT2D eigenvalue weighted by Gasteiger charge is -2.40. The van der Waals surface area contributed by atoms with Gasteiger partial charge in [-0.05, 0) is 17.7 Å². The molecule has 0 amide bonds. The van der Waals surface area contributed by atoms with Gasteiger partial charge in [0.05, 0.1) is 11.5 Å². The zero-order valence-corrected chi connectivity index (χ0v) is 16.8. The van der Waals surface area contributed by atoms with Crippen LogP contribution in [0.4, 0.5) is 0 Å². The van der Waals surface area contributed by atoms with Crippen LogP contribution < -0.4 is 10.0 Å². The largest absolute Gasteiger partial charge is 0.394 e. The van der Waals surface area contributed by atoms with Gasteiger partial charge in [0.1, 0.15) is 24.4 Å². The first-order valence-corrected chi connectivity index (χ1v) is 11.0. The Morgan fingerprint density at radius 1 is 1.12 bits per heavy atom. The number of benzene rings is 1. The van der Waals surface area contributed by atoms with E-state index < -0.39 is 47.3 Å². The molecule has 9 nitrogen and oxygen atoms in total. The molecule has 0 spiro atoms. The van der Waals surface area contributed by atoms with Gasteiger partial charge in [-0.1, -0.05) is 34.7 Å². The molecule has 11 heteroatoms. The number of hydrogen-bond acceptors (Lipinski definition) is 8. The Balaban J connectivity index is 2.08. The van der Waals surface area contributed by atoms with Crippen molar-refractivity contribution in [2.75, 3.05) is 17.6 Å². The Bertz CT molecular complexity index is 673. The molecule has 1 aromatic rings. The second kappa shape index (κ2) is 9.71. The Labute approximate surface area is 165 Å². The highest BCUT2D eigenvalue weighted by molar-refractivity contribution is 14.1. The molecule has 6 N–H and O–H groups in total. The highest BCUT2D eigenvalue weighted by Gasteiger charge is 2.45. The van der Waals surface area contributed by atoms with Crippen LogP contribution in [0, 0.1) is 0 Å². The SMILES string of the molecule is O=S(=O)(NC1C(O)OC(CO)C(O)C1O)c1ccc(CNCCI)cc1. The van der Waals surface area contributed by atoms with Crippen LogP contribution >= 0.6 is 22.6 Å². The van der Waals surface area contributed by atoms with Crippen molar-refractivity contribution in [2.45, 2.75) is 42.1 Å². The molecule has 1 heterocycles. The Kier molecular flexibility index (Phi) is 8.18. The second-order valence-electron chi connectivity index (χ2n) is 5.89. The van der Waals surface area contributed by atoms with Gasteiger partial charge in [0.15, 0.2) is 6.29 Å². The van der Waals surface area contributed by atoms with Gasteiger partial charge in [-0.25, -0.2) is 13.1 Å². The first kappa shape index (κ1) is 21.9. The number of alkyl halides is 1. The molecular formula is C15H23IN2O7S. The van der Waals surface area contributed by atoms with Gasteiger partial charge >= 0.3 is 0 Å². The summed E-state index contributed by atoms with van der Waals surface area (Å²) in [5, 5.41) is 42.0. The van der Waals surface area contributed by atoms with Crippen molar-refractivity contribution >= 4 is 32.6 Å². The Hall–Kier alpha value is -0.380. The minimum absolute atomic E-state index is 0.0479. The maximum atomic E-state index is 12.5. The summed E-state index contributed by atoms with van der Waals surface area (Å²) < 4.78 is 33.0. The Morgan fingerprint density at radius 3 is 2.35 bits per heavy atom. The number of aliphatic hydroxyl groups is 4. The van der Waals surface area contributed by atoms with Crippen molar-refractivity contribution in [1.29, 1.82) is 0 Å². The minimum Gasteiger partial charge on any atom is -0.394 e. The van der Waals surface area contributed by atoms with E-state index in [-0.39, 0.29) is 4.90 Å². The lowest BCUT2D eigenvalue weighted by molar-refractivity contribution is -0.251. The van der Waals surface area contributed by atoms with Crippen LogP contribution in [-0.2, 0) is 21.3 Å². The summed E-state index contributed by atoms with van der Waals surface area (Å²) in [6, 6.07) is 4.69. The molecule has 0 saturated carbocycles. The molecule has 1 saturated heterocycles. The van der Waals surface area contributed by atoms with Gasteiger partial charge in [0, 0.05) is 17.5 Å². The third-order valence-corrected chi connectivity index (χ3v) is 6.04. The van der Waals surface area contributed by atoms with Crippen LogP contribution in [0.5, 0.6) is 0 Å². The van der Waals surface area contributed by atoms with E-state index >= 15 is 0 Å². The molecule has 1 fully saturated rings. The van der Waals surface area contributed by atoms with Gasteiger partial charge in [-0.15, -0.1) is 0 Å².